The van der Waals surface area contributed by atoms with E-state index in [1.807, 2.05) is 23.8 Å². The first-order chi connectivity index (χ1) is 19.2. The summed E-state index contributed by atoms with van der Waals surface area (Å²) in [6.07, 6.45) is 10.7. The molecule has 0 saturated heterocycles. The van der Waals surface area contributed by atoms with Gasteiger partial charge in [0.05, 0.1) is 16.7 Å². The second-order valence-electron chi connectivity index (χ2n) is 10.5. The molecule has 0 saturated carbocycles. The summed E-state index contributed by atoms with van der Waals surface area (Å²) in [7, 11) is 0. The van der Waals surface area contributed by atoms with Gasteiger partial charge in [-0.15, -0.1) is 11.3 Å². The molecule has 3 aromatic carbocycles. The predicted molar refractivity (Wildman–Crippen MR) is 166 cm³/mol. The lowest BCUT2D eigenvalue weighted by molar-refractivity contribution is 0.396. The lowest BCUT2D eigenvalue weighted by Crippen LogP contribution is -2.29. The van der Waals surface area contributed by atoms with Crippen molar-refractivity contribution in [3.05, 3.63) is 114 Å². The van der Waals surface area contributed by atoms with Gasteiger partial charge in [0.25, 0.3) is 0 Å². The number of fused-ring (bicyclic) bond motifs is 3. The molecule has 6 aromatic rings. The van der Waals surface area contributed by atoms with Crippen LogP contribution >= 0.6 is 11.3 Å². The van der Waals surface area contributed by atoms with Crippen LogP contribution in [-0.2, 0) is 5.41 Å². The molecule has 3 aromatic heterocycles. The lowest BCUT2D eigenvalue weighted by atomic mass is 9.70. The fourth-order valence-corrected chi connectivity index (χ4v) is 6.75. The molecule has 0 radical (unpaired) electrons. The second-order valence-corrected chi connectivity index (χ2v) is 11.4. The van der Waals surface area contributed by atoms with Crippen LogP contribution in [0, 0.1) is 0 Å². The van der Waals surface area contributed by atoms with Gasteiger partial charge in [-0.3, -0.25) is 4.98 Å². The van der Waals surface area contributed by atoms with E-state index in [2.05, 4.69) is 102 Å². The number of para-hydroxylation sites is 1. The number of benzene rings is 3. The van der Waals surface area contributed by atoms with Crippen molar-refractivity contribution in [3.8, 4) is 16.3 Å². The molecule has 6 rings (SSSR count). The minimum Gasteiger partial charge on any atom is -0.309 e. The molecule has 0 fully saturated rings. The standard InChI is InChI=1S/C35H35N3S/c1-3-5-19-35(20-6-4-2,33-16-9-10-21-36-33)27-17-18-30-29-14-7-8-15-31(29)38(32(30)25-27)28-13-11-12-26(24-28)34-37-22-23-39-34/h7-18,21-25H,3-6,19-20H2,1-2H3. The minimum absolute atomic E-state index is 0.106. The molecule has 0 atom stereocenters. The van der Waals surface area contributed by atoms with E-state index < -0.39 is 0 Å². The molecule has 39 heavy (non-hydrogen) atoms. The molecule has 196 valence electrons. The molecular formula is C35H35N3S. The average Bonchev–Trinajstić information content (AvgIpc) is 3.65. The van der Waals surface area contributed by atoms with Gasteiger partial charge in [0.1, 0.15) is 5.01 Å². The van der Waals surface area contributed by atoms with Crippen molar-refractivity contribution in [2.24, 2.45) is 0 Å². The summed E-state index contributed by atoms with van der Waals surface area (Å²) in [6, 6.07) is 31.2. The third kappa shape index (κ3) is 4.68. The van der Waals surface area contributed by atoms with Gasteiger partial charge in [0.15, 0.2) is 0 Å². The van der Waals surface area contributed by atoms with Crippen molar-refractivity contribution in [1.82, 2.24) is 14.5 Å². The summed E-state index contributed by atoms with van der Waals surface area (Å²) in [6.45, 7) is 4.58. The Morgan fingerprint density at radius 1 is 0.718 bits per heavy atom. The van der Waals surface area contributed by atoms with Crippen molar-refractivity contribution < 1.29 is 0 Å². The third-order valence-electron chi connectivity index (χ3n) is 8.08. The highest BCUT2D eigenvalue weighted by molar-refractivity contribution is 7.13. The van der Waals surface area contributed by atoms with Gasteiger partial charge in [-0.05, 0) is 54.8 Å². The van der Waals surface area contributed by atoms with E-state index >= 15 is 0 Å². The first kappa shape index (κ1) is 25.5. The maximum atomic E-state index is 4.96. The number of thiazole rings is 1. The van der Waals surface area contributed by atoms with E-state index in [0.29, 0.717) is 0 Å². The molecule has 0 aliphatic carbocycles. The minimum atomic E-state index is -0.106. The van der Waals surface area contributed by atoms with E-state index in [9.17, 15) is 0 Å². The highest BCUT2D eigenvalue weighted by atomic mass is 32.1. The van der Waals surface area contributed by atoms with Crippen LogP contribution in [0.1, 0.15) is 63.6 Å². The van der Waals surface area contributed by atoms with Gasteiger partial charge in [-0.1, -0.05) is 88.1 Å². The highest BCUT2D eigenvalue weighted by Crippen LogP contribution is 2.43. The fraction of sp³-hybridized carbons (Fsp3) is 0.257. The topological polar surface area (TPSA) is 30.7 Å². The Hall–Kier alpha value is -3.76. The Balaban J connectivity index is 1.61. The molecule has 0 aliphatic rings. The molecule has 4 heteroatoms. The summed E-state index contributed by atoms with van der Waals surface area (Å²) in [5.74, 6) is 0. The largest absolute Gasteiger partial charge is 0.309 e. The van der Waals surface area contributed by atoms with Crippen LogP contribution in [0.3, 0.4) is 0 Å². The SMILES string of the molecule is CCCCC(CCCC)(c1ccc2c3ccccc3n(-c3cccc(-c4nccs4)c3)c2c1)c1ccccn1. The molecule has 0 spiro atoms. The van der Waals surface area contributed by atoms with Crippen LogP contribution in [0.4, 0.5) is 0 Å². The van der Waals surface area contributed by atoms with Crippen molar-refractivity contribution in [1.29, 1.82) is 0 Å². The Morgan fingerprint density at radius 2 is 1.51 bits per heavy atom. The summed E-state index contributed by atoms with van der Waals surface area (Å²) in [4.78, 5) is 9.54. The zero-order valence-electron chi connectivity index (χ0n) is 22.8. The zero-order chi connectivity index (χ0) is 26.7. The molecule has 0 unspecified atom stereocenters. The van der Waals surface area contributed by atoms with E-state index in [1.54, 1.807) is 11.3 Å². The monoisotopic (exact) mass is 529 g/mol. The normalized spacial score (nSPS) is 11.9. The smallest absolute Gasteiger partial charge is 0.123 e. The molecule has 3 nitrogen and oxygen atoms in total. The first-order valence-electron chi connectivity index (χ1n) is 14.2. The van der Waals surface area contributed by atoms with Crippen molar-refractivity contribution >= 4 is 33.1 Å². The van der Waals surface area contributed by atoms with Gasteiger partial charge in [-0.2, -0.15) is 0 Å². The number of aromatic nitrogens is 3. The third-order valence-corrected chi connectivity index (χ3v) is 8.90. The molecular weight excluding hydrogens is 494 g/mol. The highest BCUT2D eigenvalue weighted by Gasteiger charge is 2.35. The van der Waals surface area contributed by atoms with Gasteiger partial charge < -0.3 is 4.57 Å². The number of hydrogen-bond donors (Lipinski definition) is 0. The molecule has 3 heterocycles. The van der Waals surface area contributed by atoms with Crippen molar-refractivity contribution in [3.63, 3.8) is 0 Å². The fourth-order valence-electron chi connectivity index (χ4n) is 6.11. The maximum Gasteiger partial charge on any atom is 0.123 e. The number of nitrogens with zero attached hydrogens (tertiary/aromatic N) is 3. The van der Waals surface area contributed by atoms with Gasteiger partial charge in [0, 0.05) is 45.2 Å². The molecule has 0 N–H and O–H groups in total. The Morgan fingerprint density at radius 3 is 2.26 bits per heavy atom. The molecule has 0 amide bonds. The van der Waals surface area contributed by atoms with Crippen LogP contribution in [0.15, 0.2) is 103 Å². The number of pyridine rings is 1. The van der Waals surface area contributed by atoms with Gasteiger partial charge in [-0.25, -0.2) is 4.98 Å². The second kappa shape index (κ2) is 11.2. The summed E-state index contributed by atoms with van der Waals surface area (Å²) >= 11 is 1.68. The molecule has 0 bridgehead atoms. The van der Waals surface area contributed by atoms with Crippen LogP contribution < -0.4 is 0 Å². The predicted octanol–water partition coefficient (Wildman–Crippen LogP) is 9.97. The zero-order valence-corrected chi connectivity index (χ0v) is 23.6. The Kier molecular flexibility index (Phi) is 7.30. The maximum absolute atomic E-state index is 4.96. The summed E-state index contributed by atoms with van der Waals surface area (Å²) in [5.41, 5.74) is 7.25. The van der Waals surface area contributed by atoms with Crippen LogP contribution in [0.5, 0.6) is 0 Å². The lowest BCUT2D eigenvalue weighted by Gasteiger charge is -2.34. The quantitative estimate of drug-likeness (QED) is 0.177. The Labute approximate surface area is 235 Å². The van der Waals surface area contributed by atoms with E-state index in [4.69, 9.17) is 4.98 Å². The Bertz CT molecular complexity index is 1670. The van der Waals surface area contributed by atoms with Crippen LogP contribution in [0.2, 0.25) is 0 Å². The van der Waals surface area contributed by atoms with E-state index in [-0.39, 0.29) is 5.41 Å². The van der Waals surface area contributed by atoms with Gasteiger partial charge in [0.2, 0.25) is 0 Å². The van der Waals surface area contributed by atoms with Crippen LogP contribution in [0.25, 0.3) is 38.1 Å². The number of hydrogen-bond acceptors (Lipinski definition) is 3. The number of unbranched alkanes of at least 4 members (excludes halogenated alkanes) is 2. The average molecular weight is 530 g/mol. The van der Waals surface area contributed by atoms with Crippen molar-refractivity contribution in [2.75, 3.05) is 0 Å². The van der Waals surface area contributed by atoms with Gasteiger partial charge >= 0.3 is 0 Å². The van der Waals surface area contributed by atoms with E-state index in [0.717, 1.165) is 29.1 Å². The summed E-state index contributed by atoms with van der Waals surface area (Å²) in [5, 5.41) is 5.66. The van der Waals surface area contributed by atoms with Crippen LogP contribution in [-0.4, -0.2) is 14.5 Å². The summed E-state index contributed by atoms with van der Waals surface area (Å²) < 4.78 is 2.44. The van der Waals surface area contributed by atoms with E-state index in [1.165, 1.54) is 58.7 Å². The first-order valence-corrected chi connectivity index (χ1v) is 15.1. The number of rotatable bonds is 10. The molecule has 0 aliphatic heterocycles. The van der Waals surface area contributed by atoms with Crippen molar-refractivity contribution in [2.45, 2.75) is 57.8 Å².